The Labute approximate surface area is 126 Å². The molecule has 0 aromatic heterocycles. The first kappa shape index (κ1) is 17.0. The number of nitrogens with one attached hydrogen (secondary N) is 1. The van der Waals surface area contributed by atoms with E-state index in [1.165, 1.54) is 11.8 Å². The standard InChI is InChI=1S/C14H17NO5S/c16-12(8-9-21-10-4-2-1-3-5-10)15-11(14(19)20)6-7-13(17)18/h1-5,11H,6-9H2,(H,15,16)(H,17,18)(H,19,20)/t11-/m0/s1. The largest absolute Gasteiger partial charge is 0.481 e. The Morgan fingerprint density at radius 1 is 1.10 bits per heavy atom. The summed E-state index contributed by atoms with van der Waals surface area (Å²) in [6, 6.07) is 8.39. The van der Waals surface area contributed by atoms with Crippen LogP contribution < -0.4 is 5.32 Å². The molecular weight excluding hydrogens is 294 g/mol. The van der Waals surface area contributed by atoms with Crippen LogP contribution >= 0.6 is 11.8 Å². The maximum atomic E-state index is 11.7. The number of aliphatic carboxylic acids is 2. The van der Waals surface area contributed by atoms with Crippen molar-refractivity contribution in [1.29, 1.82) is 0 Å². The summed E-state index contributed by atoms with van der Waals surface area (Å²) in [5.41, 5.74) is 0. The van der Waals surface area contributed by atoms with Gasteiger partial charge in [0.2, 0.25) is 5.91 Å². The summed E-state index contributed by atoms with van der Waals surface area (Å²) in [5.74, 6) is -2.17. The van der Waals surface area contributed by atoms with Crippen LogP contribution in [0.15, 0.2) is 35.2 Å². The number of amides is 1. The molecule has 0 saturated heterocycles. The highest BCUT2D eigenvalue weighted by Crippen LogP contribution is 2.17. The highest BCUT2D eigenvalue weighted by Gasteiger charge is 2.20. The minimum atomic E-state index is -1.22. The molecule has 0 bridgehead atoms. The van der Waals surface area contributed by atoms with Crippen LogP contribution in [0.25, 0.3) is 0 Å². The van der Waals surface area contributed by atoms with Crippen molar-refractivity contribution in [3.8, 4) is 0 Å². The maximum absolute atomic E-state index is 11.7. The number of thioether (sulfide) groups is 1. The van der Waals surface area contributed by atoms with Gasteiger partial charge in [0.25, 0.3) is 0 Å². The molecule has 1 atom stereocenters. The summed E-state index contributed by atoms with van der Waals surface area (Å²) < 4.78 is 0. The Bertz CT molecular complexity index is 491. The highest BCUT2D eigenvalue weighted by molar-refractivity contribution is 7.99. The predicted molar refractivity (Wildman–Crippen MR) is 78.2 cm³/mol. The summed E-state index contributed by atoms with van der Waals surface area (Å²) in [5, 5.41) is 19.8. The molecule has 0 spiro atoms. The van der Waals surface area contributed by atoms with Gasteiger partial charge < -0.3 is 15.5 Å². The molecular formula is C14H17NO5S. The van der Waals surface area contributed by atoms with Crippen molar-refractivity contribution in [3.63, 3.8) is 0 Å². The van der Waals surface area contributed by atoms with Gasteiger partial charge in [0.15, 0.2) is 0 Å². The Hall–Kier alpha value is -2.02. The number of benzene rings is 1. The van der Waals surface area contributed by atoms with E-state index in [0.717, 1.165) is 4.90 Å². The van der Waals surface area contributed by atoms with Gasteiger partial charge in [-0.1, -0.05) is 18.2 Å². The van der Waals surface area contributed by atoms with Crippen molar-refractivity contribution >= 4 is 29.6 Å². The second-order valence-corrected chi connectivity index (χ2v) is 5.47. The fourth-order valence-corrected chi connectivity index (χ4v) is 2.44. The molecule has 0 aliphatic heterocycles. The topological polar surface area (TPSA) is 104 Å². The molecule has 21 heavy (non-hydrogen) atoms. The molecule has 1 rings (SSSR count). The average molecular weight is 311 g/mol. The van der Waals surface area contributed by atoms with E-state index < -0.39 is 23.9 Å². The number of rotatable bonds is 9. The van der Waals surface area contributed by atoms with E-state index in [-0.39, 0.29) is 19.3 Å². The fourth-order valence-electron chi connectivity index (χ4n) is 1.57. The molecule has 0 aliphatic carbocycles. The maximum Gasteiger partial charge on any atom is 0.326 e. The van der Waals surface area contributed by atoms with Gasteiger partial charge in [-0.2, -0.15) is 0 Å². The van der Waals surface area contributed by atoms with Crippen LogP contribution in [0.3, 0.4) is 0 Å². The molecule has 1 aromatic carbocycles. The average Bonchev–Trinajstić information content (AvgIpc) is 2.44. The van der Waals surface area contributed by atoms with Gasteiger partial charge in [-0.05, 0) is 18.6 Å². The van der Waals surface area contributed by atoms with Crippen LogP contribution in [-0.4, -0.2) is 39.9 Å². The third-order valence-corrected chi connectivity index (χ3v) is 3.63. The molecule has 1 amide bonds. The van der Waals surface area contributed by atoms with E-state index in [0.29, 0.717) is 5.75 Å². The molecule has 3 N–H and O–H groups in total. The lowest BCUT2D eigenvalue weighted by Gasteiger charge is -2.13. The Kier molecular flexibility index (Phi) is 7.31. The molecule has 7 heteroatoms. The highest BCUT2D eigenvalue weighted by atomic mass is 32.2. The lowest BCUT2D eigenvalue weighted by molar-refractivity contribution is -0.143. The second kappa shape index (κ2) is 9.02. The van der Waals surface area contributed by atoms with Gasteiger partial charge in [0.05, 0.1) is 0 Å². The van der Waals surface area contributed by atoms with Gasteiger partial charge in [-0.3, -0.25) is 9.59 Å². The molecule has 1 aromatic rings. The van der Waals surface area contributed by atoms with Gasteiger partial charge in [-0.25, -0.2) is 4.79 Å². The van der Waals surface area contributed by atoms with Crippen LogP contribution in [0.1, 0.15) is 19.3 Å². The first-order chi connectivity index (χ1) is 9.99. The van der Waals surface area contributed by atoms with E-state index >= 15 is 0 Å². The zero-order valence-electron chi connectivity index (χ0n) is 11.3. The minimum Gasteiger partial charge on any atom is -0.481 e. The quantitative estimate of drug-likeness (QED) is 0.599. The molecule has 0 fully saturated rings. The van der Waals surface area contributed by atoms with E-state index in [1.54, 1.807) is 0 Å². The molecule has 0 heterocycles. The van der Waals surface area contributed by atoms with Crippen molar-refractivity contribution in [3.05, 3.63) is 30.3 Å². The second-order valence-electron chi connectivity index (χ2n) is 4.30. The molecule has 114 valence electrons. The third kappa shape index (κ3) is 7.36. The Balaban J connectivity index is 2.33. The zero-order valence-corrected chi connectivity index (χ0v) is 12.1. The summed E-state index contributed by atoms with van der Waals surface area (Å²) >= 11 is 1.50. The molecule has 0 unspecified atom stereocenters. The van der Waals surface area contributed by atoms with Gasteiger partial charge in [-0.15, -0.1) is 11.8 Å². The summed E-state index contributed by atoms with van der Waals surface area (Å²) in [6.45, 7) is 0. The first-order valence-electron chi connectivity index (χ1n) is 6.41. The molecule has 6 nitrogen and oxygen atoms in total. The van der Waals surface area contributed by atoms with Crippen LogP contribution in [0.4, 0.5) is 0 Å². The van der Waals surface area contributed by atoms with Crippen molar-refractivity contribution < 1.29 is 24.6 Å². The summed E-state index contributed by atoms with van der Waals surface area (Å²) in [7, 11) is 0. The van der Waals surface area contributed by atoms with Crippen molar-refractivity contribution in [1.82, 2.24) is 5.32 Å². The van der Waals surface area contributed by atoms with Crippen LogP contribution in [0, 0.1) is 0 Å². The molecule has 0 saturated carbocycles. The van der Waals surface area contributed by atoms with Crippen LogP contribution in [-0.2, 0) is 14.4 Å². The molecule has 0 radical (unpaired) electrons. The number of carbonyl (C=O) groups is 3. The lowest BCUT2D eigenvalue weighted by Crippen LogP contribution is -2.41. The number of carboxylic acid groups (broad SMARTS) is 2. The van der Waals surface area contributed by atoms with Crippen molar-refractivity contribution in [2.75, 3.05) is 5.75 Å². The van der Waals surface area contributed by atoms with E-state index in [9.17, 15) is 14.4 Å². The first-order valence-corrected chi connectivity index (χ1v) is 7.39. The fraction of sp³-hybridized carbons (Fsp3) is 0.357. The van der Waals surface area contributed by atoms with E-state index in [2.05, 4.69) is 5.32 Å². The Morgan fingerprint density at radius 2 is 1.76 bits per heavy atom. The minimum absolute atomic E-state index is 0.123. The number of hydrogen-bond donors (Lipinski definition) is 3. The Morgan fingerprint density at radius 3 is 2.33 bits per heavy atom. The normalized spacial score (nSPS) is 11.6. The molecule has 0 aliphatic rings. The van der Waals surface area contributed by atoms with Crippen molar-refractivity contribution in [2.45, 2.75) is 30.2 Å². The summed E-state index contributed by atoms with van der Waals surface area (Å²) in [4.78, 5) is 34.1. The number of carbonyl (C=O) groups excluding carboxylic acids is 1. The summed E-state index contributed by atoms with van der Waals surface area (Å²) in [6.07, 6.45) is -0.241. The van der Waals surface area contributed by atoms with E-state index in [1.807, 2.05) is 30.3 Å². The predicted octanol–water partition coefficient (Wildman–Crippen LogP) is 1.60. The number of hydrogen-bond acceptors (Lipinski definition) is 4. The van der Waals surface area contributed by atoms with Gasteiger partial charge >= 0.3 is 11.9 Å². The smallest absolute Gasteiger partial charge is 0.326 e. The SMILES string of the molecule is O=C(O)CC[C@H](NC(=O)CCSc1ccccc1)C(=O)O. The lowest BCUT2D eigenvalue weighted by atomic mass is 10.1. The number of carboxylic acids is 2. The van der Waals surface area contributed by atoms with Crippen LogP contribution in [0.2, 0.25) is 0 Å². The third-order valence-electron chi connectivity index (χ3n) is 2.62. The van der Waals surface area contributed by atoms with Gasteiger partial charge in [0.1, 0.15) is 6.04 Å². The monoisotopic (exact) mass is 311 g/mol. The van der Waals surface area contributed by atoms with Crippen molar-refractivity contribution in [2.24, 2.45) is 0 Å². The van der Waals surface area contributed by atoms with Crippen LogP contribution in [0.5, 0.6) is 0 Å². The van der Waals surface area contributed by atoms with E-state index in [4.69, 9.17) is 10.2 Å². The zero-order chi connectivity index (χ0) is 15.7. The van der Waals surface area contributed by atoms with Gasteiger partial charge in [0, 0.05) is 23.5 Å².